The number of piperidine rings is 1. The summed E-state index contributed by atoms with van der Waals surface area (Å²) in [5.74, 6) is 0.257. The molecule has 0 saturated carbocycles. The topological polar surface area (TPSA) is 49.4 Å². The zero-order chi connectivity index (χ0) is 13.8. The molecule has 19 heavy (non-hydrogen) atoms. The highest BCUT2D eigenvalue weighted by Gasteiger charge is 2.26. The molecule has 2 rings (SSSR count). The van der Waals surface area contributed by atoms with E-state index in [1.165, 1.54) is 4.88 Å². The minimum Gasteiger partial charge on any atom is -0.349 e. The van der Waals surface area contributed by atoms with Gasteiger partial charge in [-0.15, -0.1) is 11.3 Å². The van der Waals surface area contributed by atoms with Crippen molar-refractivity contribution in [3.8, 4) is 0 Å². The molecule has 5 heteroatoms. The summed E-state index contributed by atoms with van der Waals surface area (Å²) in [7, 11) is 0. The largest absolute Gasteiger partial charge is 0.349 e. The van der Waals surface area contributed by atoms with Crippen LogP contribution in [0.15, 0.2) is 17.5 Å². The van der Waals surface area contributed by atoms with Crippen molar-refractivity contribution in [3.63, 3.8) is 0 Å². The van der Waals surface area contributed by atoms with Crippen molar-refractivity contribution in [1.82, 2.24) is 10.2 Å². The molecule has 1 unspecified atom stereocenters. The van der Waals surface area contributed by atoms with E-state index in [-0.39, 0.29) is 23.8 Å². The van der Waals surface area contributed by atoms with Gasteiger partial charge in [0.1, 0.15) is 0 Å². The zero-order valence-corrected chi connectivity index (χ0v) is 12.2. The SMILES string of the molecule is CC(=O)N1CCC(C(=O)NC(C)c2cccs2)CC1. The highest BCUT2D eigenvalue weighted by atomic mass is 32.1. The van der Waals surface area contributed by atoms with Crippen molar-refractivity contribution in [2.75, 3.05) is 13.1 Å². The molecule has 1 aromatic rings. The molecule has 0 aromatic carbocycles. The molecular formula is C14H20N2O2S. The Bertz CT molecular complexity index is 436. The average Bonchev–Trinajstić information content (AvgIpc) is 2.92. The monoisotopic (exact) mass is 280 g/mol. The van der Waals surface area contributed by atoms with E-state index in [4.69, 9.17) is 0 Å². The molecule has 1 N–H and O–H groups in total. The molecule has 1 aromatic heterocycles. The normalized spacial score (nSPS) is 18.1. The molecule has 0 radical (unpaired) electrons. The van der Waals surface area contributed by atoms with Gasteiger partial charge in [-0.2, -0.15) is 0 Å². The van der Waals surface area contributed by atoms with Gasteiger partial charge in [-0.25, -0.2) is 0 Å². The Morgan fingerprint density at radius 2 is 2.11 bits per heavy atom. The minimum absolute atomic E-state index is 0.0398. The van der Waals surface area contributed by atoms with E-state index in [0.717, 1.165) is 12.8 Å². The molecule has 1 fully saturated rings. The van der Waals surface area contributed by atoms with Gasteiger partial charge < -0.3 is 10.2 Å². The van der Waals surface area contributed by atoms with Crippen molar-refractivity contribution >= 4 is 23.2 Å². The van der Waals surface area contributed by atoms with Gasteiger partial charge in [-0.3, -0.25) is 9.59 Å². The van der Waals surface area contributed by atoms with E-state index in [1.807, 2.05) is 29.3 Å². The van der Waals surface area contributed by atoms with Crippen LogP contribution < -0.4 is 5.32 Å². The summed E-state index contributed by atoms with van der Waals surface area (Å²) in [6.45, 7) is 4.98. The molecule has 1 aliphatic rings. The van der Waals surface area contributed by atoms with E-state index in [1.54, 1.807) is 18.3 Å². The molecule has 0 bridgehead atoms. The van der Waals surface area contributed by atoms with Crippen molar-refractivity contribution in [2.24, 2.45) is 5.92 Å². The third-order valence-corrected chi connectivity index (χ3v) is 4.69. The Hall–Kier alpha value is -1.36. The summed E-state index contributed by atoms with van der Waals surface area (Å²) in [5.41, 5.74) is 0. The number of nitrogens with zero attached hydrogens (tertiary/aromatic N) is 1. The number of nitrogens with one attached hydrogen (secondary N) is 1. The van der Waals surface area contributed by atoms with Crippen LogP contribution in [0.1, 0.15) is 37.6 Å². The second kappa shape index (κ2) is 6.19. The lowest BCUT2D eigenvalue weighted by Gasteiger charge is -2.31. The van der Waals surface area contributed by atoms with E-state index in [9.17, 15) is 9.59 Å². The number of hydrogen-bond acceptors (Lipinski definition) is 3. The lowest BCUT2D eigenvalue weighted by molar-refractivity contribution is -0.134. The smallest absolute Gasteiger partial charge is 0.223 e. The molecule has 0 aliphatic carbocycles. The molecule has 2 amide bonds. The van der Waals surface area contributed by atoms with Gasteiger partial charge in [0.25, 0.3) is 0 Å². The van der Waals surface area contributed by atoms with Gasteiger partial charge in [0, 0.05) is 30.8 Å². The molecule has 1 aliphatic heterocycles. The van der Waals surface area contributed by atoms with E-state index in [2.05, 4.69) is 5.32 Å². The molecule has 1 atom stereocenters. The zero-order valence-electron chi connectivity index (χ0n) is 11.4. The van der Waals surface area contributed by atoms with Crippen molar-refractivity contribution in [3.05, 3.63) is 22.4 Å². The number of thiophene rings is 1. The molecule has 2 heterocycles. The Labute approximate surface area is 117 Å². The Morgan fingerprint density at radius 1 is 1.42 bits per heavy atom. The number of likely N-dealkylation sites (tertiary alicyclic amines) is 1. The van der Waals surface area contributed by atoms with E-state index >= 15 is 0 Å². The van der Waals surface area contributed by atoms with Crippen LogP contribution in [-0.4, -0.2) is 29.8 Å². The number of hydrogen-bond donors (Lipinski definition) is 1. The molecule has 1 saturated heterocycles. The summed E-state index contributed by atoms with van der Waals surface area (Å²) in [6.07, 6.45) is 1.53. The fourth-order valence-electron chi connectivity index (χ4n) is 2.40. The van der Waals surface area contributed by atoms with Crippen LogP contribution in [0.3, 0.4) is 0 Å². The van der Waals surface area contributed by atoms with Crippen LogP contribution in [0.4, 0.5) is 0 Å². The predicted molar refractivity (Wildman–Crippen MR) is 75.9 cm³/mol. The first-order valence-electron chi connectivity index (χ1n) is 6.67. The first kappa shape index (κ1) is 14.1. The highest BCUT2D eigenvalue weighted by molar-refractivity contribution is 7.10. The lowest BCUT2D eigenvalue weighted by atomic mass is 9.95. The van der Waals surface area contributed by atoms with Gasteiger partial charge >= 0.3 is 0 Å². The number of rotatable bonds is 3. The van der Waals surface area contributed by atoms with Crippen molar-refractivity contribution in [1.29, 1.82) is 0 Å². The standard InChI is InChI=1S/C14H20N2O2S/c1-10(13-4-3-9-19-13)15-14(18)12-5-7-16(8-6-12)11(2)17/h3-4,9-10,12H,5-8H2,1-2H3,(H,15,18). The van der Waals surface area contributed by atoms with Crippen LogP contribution >= 0.6 is 11.3 Å². The van der Waals surface area contributed by atoms with Crippen LogP contribution in [-0.2, 0) is 9.59 Å². The molecule has 0 spiro atoms. The van der Waals surface area contributed by atoms with Crippen LogP contribution in [0, 0.1) is 5.92 Å². The quantitative estimate of drug-likeness (QED) is 0.922. The van der Waals surface area contributed by atoms with E-state index < -0.39 is 0 Å². The summed E-state index contributed by atoms with van der Waals surface area (Å²) in [6, 6.07) is 4.10. The molecule has 104 valence electrons. The van der Waals surface area contributed by atoms with Crippen molar-refractivity contribution in [2.45, 2.75) is 32.7 Å². The maximum atomic E-state index is 12.2. The van der Waals surface area contributed by atoms with Gasteiger partial charge in [0.05, 0.1) is 6.04 Å². The maximum absolute atomic E-state index is 12.2. The third-order valence-electron chi connectivity index (χ3n) is 3.64. The fraction of sp³-hybridized carbons (Fsp3) is 0.571. The highest BCUT2D eigenvalue weighted by Crippen LogP contribution is 2.21. The van der Waals surface area contributed by atoms with Crippen LogP contribution in [0.25, 0.3) is 0 Å². The third kappa shape index (κ3) is 3.56. The first-order valence-corrected chi connectivity index (χ1v) is 7.55. The number of carbonyl (C=O) groups is 2. The van der Waals surface area contributed by atoms with E-state index in [0.29, 0.717) is 13.1 Å². The van der Waals surface area contributed by atoms with Crippen molar-refractivity contribution < 1.29 is 9.59 Å². The van der Waals surface area contributed by atoms with Gasteiger partial charge in [0.2, 0.25) is 11.8 Å². The van der Waals surface area contributed by atoms with Gasteiger partial charge in [-0.1, -0.05) is 6.07 Å². The summed E-state index contributed by atoms with van der Waals surface area (Å²) < 4.78 is 0. The Balaban J connectivity index is 1.83. The summed E-state index contributed by atoms with van der Waals surface area (Å²) in [5, 5.41) is 5.08. The maximum Gasteiger partial charge on any atom is 0.223 e. The first-order chi connectivity index (χ1) is 9.08. The van der Waals surface area contributed by atoms with Crippen LogP contribution in [0.5, 0.6) is 0 Å². The Kier molecular flexibility index (Phi) is 4.58. The summed E-state index contributed by atoms with van der Waals surface area (Å²) >= 11 is 1.66. The minimum atomic E-state index is 0.0398. The average molecular weight is 280 g/mol. The number of amides is 2. The molecule has 4 nitrogen and oxygen atoms in total. The number of carbonyl (C=O) groups excluding carboxylic acids is 2. The molecular weight excluding hydrogens is 260 g/mol. The van der Waals surface area contributed by atoms with Gasteiger partial charge in [-0.05, 0) is 31.2 Å². The summed E-state index contributed by atoms with van der Waals surface area (Å²) in [4.78, 5) is 26.4. The Morgan fingerprint density at radius 3 is 2.63 bits per heavy atom. The fourth-order valence-corrected chi connectivity index (χ4v) is 3.13. The predicted octanol–water partition coefficient (Wildman–Crippen LogP) is 2.18. The lowest BCUT2D eigenvalue weighted by Crippen LogP contribution is -2.42. The second-order valence-electron chi connectivity index (χ2n) is 5.03. The van der Waals surface area contributed by atoms with Crippen LogP contribution in [0.2, 0.25) is 0 Å². The van der Waals surface area contributed by atoms with Gasteiger partial charge in [0.15, 0.2) is 0 Å². The second-order valence-corrected chi connectivity index (χ2v) is 6.01.